The summed E-state index contributed by atoms with van der Waals surface area (Å²) in [4.78, 5) is 20.3. The zero-order valence-electron chi connectivity index (χ0n) is 20.5. The molecule has 0 aliphatic rings. The average molecular weight is 467 g/mol. The number of nitrogens with zero attached hydrogens (tertiary/aromatic N) is 4. The summed E-state index contributed by atoms with van der Waals surface area (Å²) in [5.74, 6) is -0.557. The molecule has 1 N–H and O–H groups in total. The van der Waals surface area contributed by atoms with Crippen molar-refractivity contribution in [2.45, 2.75) is 64.7 Å². The highest BCUT2D eigenvalue weighted by Crippen LogP contribution is 2.30. The molecule has 0 aliphatic carbocycles. The molecule has 2 aromatic heterocycles. The number of aromatic nitrogens is 4. The van der Waals surface area contributed by atoms with Crippen molar-refractivity contribution in [3.63, 3.8) is 0 Å². The highest BCUT2D eigenvalue weighted by atomic mass is 16.7. The molecule has 0 atom stereocenters. The Morgan fingerprint density at radius 3 is 2.41 bits per heavy atom. The maximum atomic E-state index is 11.5. The van der Waals surface area contributed by atoms with Crippen LogP contribution in [0.1, 0.15) is 73.5 Å². The first-order valence-electron chi connectivity index (χ1n) is 11.8. The first-order valence-corrected chi connectivity index (χ1v) is 11.8. The first kappa shape index (κ1) is 25.5. The Balaban J connectivity index is 1.90. The Hall–Kier alpha value is -3.10. The van der Waals surface area contributed by atoms with Crippen molar-refractivity contribution in [3.05, 3.63) is 65.5 Å². The van der Waals surface area contributed by atoms with E-state index in [4.69, 9.17) is 19.6 Å². The molecule has 3 aromatic rings. The summed E-state index contributed by atoms with van der Waals surface area (Å²) in [7, 11) is 3.25. The van der Waals surface area contributed by atoms with E-state index in [-0.39, 0.29) is 5.56 Å². The summed E-state index contributed by atoms with van der Waals surface area (Å²) < 4.78 is 13.4. The zero-order valence-corrected chi connectivity index (χ0v) is 20.5. The second kappa shape index (κ2) is 11.9. The van der Waals surface area contributed by atoms with Crippen LogP contribution in [0.3, 0.4) is 0 Å². The van der Waals surface area contributed by atoms with Crippen LogP contribution in [0.15, 0.2) is 42.7 Å². The molecule has 2 heterocycles. The largest absolute Gasteiger partial charge is 0.478 e. The second-order valence-corrected chi connectivity index (χ2v) is 8.29. The van der Waals surface area contributed by atoms with Crippen LogP contribution in [0.4, 0.5) is 0 Å². The van der Waals surface area contributed by atoms with Gasteiger partial charge in [0.1, 0.15) is 5.82 Å². The number of methoxy groups -OCH3 is 2. The van der Waals surface area contributed by atoms with E-state index in [0.717, 1.165) is 49.2 Å². The lowest BCUT2D eigenvalue weighted by Gasteiger charge is -2.27. The number of carboxylic acid groups (broad SMARTS) is 1. The van der Waals surface area contributed by atoms with Crippen molar-refractivity contribution in [2.75, 3.05) is 14.2 Å². The van der Waals surface area contributed by atoms with Crippen molar-refractivity contribution >= 4 is 5.97 Å². The smallest absolute Gasteiger partial charge is 0.337 e. The first-order chi connectivity index (χ1) is 16.5. The van der Waals surface area contributed by atoms with Gasteiger partial charge in [-0.2, -0.15) is 5.10 Å². The lowest BCUT2D eigenvalue weighted by Crippen LogP contribution is -2.32. The number of carbonyl (C=O) groups is 1. The summed E-state index contributed by atoms with van der Waals surface area (Å²) in [5.41, 5.74) is 2.71. The topological polar surface area (TPSA) is 99.4 Å². The number of hydrogen-bond donors (Lipinski definition) is 1. The molecule has 0 amide bonds. The number of benzene rings is 1. The van der Waals surface area contributed by atoms with E-state index in [9.17, 15) is 9.90 Å². The van der Waals surface area contributed by atoms with Gasteiger partial charge in [0.2, 0.25) is 11.6 Å². The predicted molar refractivity (Wildman–Crippen MR) is 130 cm³/mol. The molecule has 0 bridgehead atoms. The molecule has 1 aromatic carbocycles. The fraction of sp³-hybridized carbons (Fsp3) is 0.462. The summed E-state index contributed by atoms with van der Waals surface area (Å²) >= 11 is 0. The molecule has 8 nitrogen and oxygen atoms in total. The molecular weight excluding hydrogens is 432 g/mol. The lowest BCUT2D eigenvalue weighted by atomic mass is 10.00. The number of carboxylic acids is 1. The third kappa shape index (κ3) is 5.69. The van der Waals surface area contributed by atoms with Gasteiger partial charge in [0, 0.05) is 46.0 Å². The van der Waals surface area contributed by atoms with Gasteiger partial charge in [0.25, 0.3) is 0 Å². The molecular formula is C26H34N4O4. The van der Waals surface area contributed by atoms with Crippen LogP contribution in [-0.2, 0) is 28.2 Å². The Labute approximate surface area is 201 Å². The van der Waals surface area contributed by atoms with Crippen molar-refractivity contribution < 1.29 is 19.4 Å². The minimum Gasteiger partial charge on any atom is -0.478 e. The van der Waals surface area contributed by atoms with Gasteiger partial charge >= 0.3 is 5.97 Å². The van der Waals surface area contributed by atoms with Gasteiger partial charge in [-0.05, 0) is 29.2 Å². The minimum atomic E-state index is -0.994. The Morgan fingerprint density at radius 1 is 1.06 bits per heavy atom. The molecule has 0 saturated heterocycles. The Bertz CT molecular complexity index is 1070. The Morgan fingerprint density at radius 2 is 1.79 bits per heavy atom. The Kier molecular flexibility index (Phi) is 8.90. The molecule has 8 heteroatoms. The van der Waals surface area contributed by atoms with Gasteiger partial charge in [-0.15, -0.1) is 0 Å². The van der Waals surface area contributed by atoms with E-state index in [0.29, 0.717) is 24.2 Å². The van der Waals surface area contributed by atoms with E-state index < -0.39 is 11.8 Å². The minimum absolute atomic E-state index is 0.182. The fourth-order valence-corrected chi connectivity index (χ4v) is 4.07. The molecule has 34 heavy (non-hydrogen) atoms. The van der Waals surface area contributed by atoms with E-state index in [1.807, 2.05) is 28.9 Å². The number of pyridine rings is 1. The number of ether oxygens (including phenoxy) is 2. The third-order valence-electron chi connectivity index (χ3n) is 5.98. The summed E-state index contributed by atoms with van der Waals surface area (Å²) in [5, 5.41) is 14.3. The normalized spacial score (nSPS) is 11.6. The number of rotatable bonds is 13. The lowest BCUT2D eigenvalue weighted by molar-refractivity contribution is -0.225. The van der Waals surface area contributed by atoms with Crippen LogP contribution in [0, 0.1) is 0 Å². The summed E-state index contributed by atoms with van der Waals surface area (Å²) in [6, 6.07) is 9.58. The van der Waals surface area contributed by atoms with Gasteiger partial charge in [-0.25, -0.2) is 14.5 Å². The van der Waals surface area contributed by atoms with Crippen molar-refractivity contribution in [1.82, 2.24) is 19.7 Å². The highest BCUT2D eigenvalue weighted by molar-refractivity contribution is 5.95. The van der Waals surface area contributed by atoms with Crippen LogP contribution in [0.5, 0.6) is 0 Å². The average Bonchev–Trinajstić information content (AvgIpc) is 3.26. The van der Waals surface area contributed by atoms with Crippen LogP contribution in [0.2, 0.25) is 0 Å². The van der Waals surface area contributed by atoms with Gasteiger partial charge in [0.05, 0.1) is 5.56 Å². The number of hydrogen-bond acceptors (Lipinski definition) is 6. The standard InChI is InChI=1S/C26H34N4O4/c1-5-7-8-16-30-23(28-25(29-30)26(33-3,34-4)14-6-2)17-19-9-11-20(12-10-19)21-13-15-27-18-22(21)24(31)32/h9-13,15,18H,5-8,14,16-17H2,1-4H3,(H,31,32). The highest BCUT2D eigenvalue weighted by Gasteiger charge is 2.36. The van der Waals surface area contributed by atoms with Crippen molar-refractivity contribution in [2.24, 2.45) is 0 Å². The fourth-order valence-electron chi connectivity index (χ4n) is 4.07. The van der Waals surface area contributed by atoms with Crippen LogP contribution in [-0.4, -0.2) is 45.0 Å². The molecule has 0 unspecified atom stereocenters. The van der Waals surface area contributed by atoms with Gasteiger partial charge in [-0.1, -0.05) is 57.4 Å². The molecule has 0 spiro atoms. The van der Waals surface area contributed by atoms with Gasteiger partial charge < -0.3 is 14.6 Å². The maximum Gasteiger partial charge on any atom is 0.337 e. The third-order valence-corrected chi connectivity index (χ3v) is 5.98. The molecule has 0 radical (unpaired) electrons. The van der Waals surface area contributed by atoms with E-state index in [1.54, 1.807) is 26.5 Å². The molecule has 182 valence electrons. The van der Waals surface area contributed by atoms with Crippen molar-refractivity contribution in [1.29, 1.82) is 0 Å². The van der Waals surface area contributed by atoms with Crippen LogP contribution in [0.25, 0.3) is 11.1 Å². The van der Waals surface area contributed by atoms with E-state index in [1.165, 1.54) is 6.20 Å². The number of unbranched alkanes of at least 4 members (excludes halogenated alkanes) is 2. The van der Waals surface area contributed by atoms with E-state index in [2.05, 4.69) is 18.8 Å². The number of aryl methyl sites for hydroxylation is 1. The van der Waals surface area contributed by atoms with Gasteiger partial charge in [0.15, 0.2) is 0 Å². The van der Waals surface area contributed by atoms with Crippen LogP contribution >= 0.6 is 0 Å². The molecule has 3 rings (SSSR count). The van der Waals surface area contributed by atoms with Crippen LogP contribution < -0.4 is 0 Å². The summed E-state index contributed by atoms with van der Waals surface area (Å²) in [6.07, 6.45) is 8.37. The SMILES string of the molecule is CCCCCn1nc(C(CCC)(OC)OC)nc1Cc1ccc(-c2ccncc2C(=O)O)cc1. The number of aromatic carboxylic acids is 1. The van der Waals surface area contributed by atoms with E-state index >= 15 is 0 Å². The van der Waals surface area contributed by atoms with Gasteiger partial charge in [-0.3, -0.25) is 4.98 Å². The zero-order chi connectivity index (χ0) is 24.6. The summed E-state index contributed by atoms with van der Waals surface area (Å²) in [6.45, 7) is 5.03. The predicted octanol–water partition coefficient (Wildman–Crippen LogP) is 5.07. The quantitative estimate of drug-likeness (QED) is 0.277. The van der Waals surface area contributed by atoms with Crippen molar-refractivity contribution in [3.8, 4) is 11.1 Å². The monoisotopic (exact) mass is 466 g/mol. The molecule has 0 aliphatic heterocycles. The molecule has 0 fully saturated rings. The molecule has 0 saturated carbocycles. The maximum absolute atomic E-state index is 11.5. The second-order valence-electron chi connectivity index (χ2n) is 8.29.